The van der Waals surface area contributed by atoms with Crippen molar-refractivity contribution in [2.45, 2.75) is 44.4 Å². The summed E-state index contributed by atoms with van der Waals surface area (Å²) in [6.07, 6.45) is -0.763. The van der Waals surface area contributed by atoms with Crippen LogP contribution in [0.25, 0.3) is 0 Å². The van der Waals surface area contributed by atoms with Crippen LogP contribution in [0, 0.1) is 5.92 Å². The lowest BCUT2D eigenvalue weighted by molar-refractivity contribution is -0.141. The largest absolute Gasteiger partial charge is 0.433 e. The Morgan fingerprint density at radius 1 is 1.17 bits per heavy atom. The van der Waals surface area contributed by atoms with Crippen molar-refractivity contribution < 1.29 is 23.1 Å². The highest BCUT2D eigenvalue weighted by atomic mass is 19.4. The number of carbonyl (C=O) groups excluding carboxylic acids is 1. The molecule has 1 aromatic carbocycles. The molecular formula is C21H23F3N4O2. The van der Waals surface area contributed by atoms with E-state index in [1.165, 1.54) is 0 Å². The molecule has 4 rings (SSSR count). The van der Waals surface area contributed by atoms with Crippen LogP contribution in [-0.2, 0) is 23.8 Å². The summed E-state index contributed by atoms with van der Waals surface area (Å²) >= 11 is 0. The van der Waals surface area contributed by atoms with Crippen LogP contribution >= 0.6 is 0 Å². The minimum absolute atomic E-state index is 0.0369. The number of hydrogen-bond donors (Lipinski definition) is 2. The zero-order valence-electron chi connectivity index (χ0n) is 16.3. The number of hydrogen-bond acceptors (Lipinski definition) is 5. The first-order valence-electron chi connectivity index (χ1n) is 10.1. The number of fused-ring (bicyclic) bond motifs is 1. The van der Waals surface area contributed by atoms with E-state index in [0.29, 0.717) is 32.4 Å². The third-order valence-electron chi connectivity index (χ3n) is 5.80. The van der Waals surface area contributed by atoms with Crippen LogP contribution in [0.2, 0.25) is 0 Å². The van der Waals surface area contributed by atoms with E-state index in [0.717, 1.165) is 41.9 Å². The summed E-state index contributed by atoms with van der Waals surface area (Å²) in [5.74, 6) is -0.306. The SMILES string of the molecule is O=C(Nc1cccc2c1CC(O)CC2)C1CCN(c2nccc(C(F)(F)F)n2)CC1. The van der Waals surface area contributed by atoms with Gasteiger partial charge in [0.25, 0.3) is 0 Å². The van der Waals surface area contributed by atoms with Crippen molar-refractivity contribution >= 4 is 17.5 Å². The van der Waals surface area contributed by atoms with Gasteiger partial charge in [0.2, 0.25) is 11.9 Å². The number of aromatic nitrogens is 2. The lowest BCUT2D eigenvalue weighted by Gasteiger charge is -2.32. The van der Waals surface area contributed by atoms with Crippen molar-refractivity contribution in [3.63, 3.8) is 0 Å². The third-order valence-corrected chi connectivity index (χ3v) is 5.80. The first-order valence-corrected chi connectivity index (χ1v) is 10.1. The highest BCUT2D eigenvalue weighted by Gasteiger charge is 2.34. The van der Waals surface area contributed by atoms with Gasteiger partial charge in [0, 0.05) is 37.3 Å². The smallest absolute Gasteiger partial charge is 0.393 e. The van der Waals surface area contributed by atoms with Gasteiger partial charge in [0.15, 0.2) is 0 Å². The fourth-order valence-corrected chi connectivity index (χ4v) is 4.12. The van der Waals surface area contributed by atoms with Crippen molar-refractivity contribution in [1.82, 2.24) is 9.97 Å². The Balaban J connectivity index is 1.39. The van der Waals surface area contributed by atoms with Crippen LogP contribution in [0.1, 0.15) is 36.1 Å². The van der Waals surface area contributed by atoms with Gasteiger partial charge in [-0.1, -0.05) is 12.1 Å². The second-order valence-electron chi connectivity index (χ2n) is 7.83. The molecule has 2 heterocycles. The van der Waals surface area contributed by atoms with Crippen molar-refractivity contribution in [3.8, 4) is 0 Å². The predicted octanol–water partition coefficient (Wildman–Crippen LogP) is 3.20. The van der Waals surface area contributed by atoms with E-state index < -0.39 is 18.0 Å². The molecule has 0 saturated carbocycles. The number of carbonyl (C=O) groups is 1. The Morgan fingerprint density at radius 3 is 2.67 bits per heavy atom. The summed E-state index contributed by atoms with van der Waals surface area (Å²) in [6.45, 7) is 0.815. The number of nitrogens with one attached hydrogen (secondary N) is 1. The van der Waals surface area contributed by atoms with E-state index in [2.05, 4.69) is 15.3 Å². The first kappa shape index (κ1) is 20.6. The fourth-order valence-electron chi connectivity index (χ4n) is 4.12. The minimum atomic E-state index is -4.52. The molecule has 1 aromatic heterocycles. The Bertz CT molecular complexity index is 927. The summed E-state index contributed by atoms with van der Waals surface area (Å²) in [6, 6.07) is 6.62. The lowest BCUT2D eigenvalue weighted by atomic mass is 9.88. The molecule has 1 saturated heterocycles. The van der Waals surface area contributed by atoms with Crippen LogP contribution in [0.3, 0.4) is 0 Å². The van der Waals surface area contributed by atoms with Gasteiger partial charge in [0.05, 0.1) is 6.10 Å². The Hall–Kier alpha value is -2.68. The molecule has 0 spiro atoms. The van der Waals surface area contributed by atoms with E-state index in [1.807, 2.05) is 18.2 Å². The van der Waals surface area contributed by atoms with E-state index >= 15 is 0 Å². The highest BCUT2D eigenvalue weighted by Crippen LogP contribution is 2.31. The van der Waals surface area contributed by atoms with Gasteiger partial charge < -0.3 is 15.3 Å². The van der Waals surface area contributed by atoms with Crippen molar-refractivity contribution in [1.29, 1.82) is 0 Å². The Kier molecular flexibility index (Phi) is 5.64. The fraction of sp³-hybridized carbons (Fsp3) is 0.476. The monoisotopic (exact) mass is 420 g/mol. The topological polar surface area (TPSA) is 78.4 Å². The van der Waals surface area contributed by atoms with E-state index in [9.17, 15) is 23.1 Å². The number of rotatable bonds is 3. The van der Waals surface area contributed by atoms with E-state index in [1.54, 1.807) is 4.90 Å². The van der Waals surface area contributed by atoms with Gasteiger partial charge in [-0.2, -0.15) is 13.2 Å². The highest BCUT2D eigenvalue weighted by molar-refractivity contribution is 5.93. The second kappa shape index (κ2) is 8.22. The van der Waals surface area contributed by atoms with E-state index in [4.69, 9.17) is 0 Å². The molecule has 9 heteroatoms. The van der Waals surface area contributed by atoms with Crippen LogP contribution in [0.4, 0.5) is 24.8 Å². The van der Waals surface area contributed by atoms with Crippen molar-refractivity contribution in [2.24, 2.45) is 5.92 Å². The van der Waals surface area contributed by atoms with Crippen LogP contribution in [0.15, 0.2) is 30.5 Å². The van der Waals surface area contributed by atoms with Gasteiger partial charge in [-0.3, -0.25) is 4.79 Å². The molecule has 6 nitrogen and oxygen atoms in total. The normalized spacial score (nSPS) is 20.0. The molecule has 0 radical (unpaired) electrons. The van der Waals surface area contributed by atoms with Crippen LogP contribution in [-0.4, -0.2) is 40.2 Å². The number of piperidine rings is 1. The number of aryl methyl sites for hydroxylation is 1. The number of anilines is 2. The standard InChI is InChI=1S/C21H23F3N4O2/c22-21(23,24)18-6-9-25-20(27-18)28-10-7-14(8-11-28)19(30)26-17-3-1-2-13-4-5-15(29)12-16(13)17/h1-3,6,9,14-15,29H,4-5,7-8,10-12H2,(H,26,30). The maximum absolute atomic E-state index is 12.9. The first-order chi connectivity index (χ1) is 14.3. The lowest BCUT2D eigenvalue weighted by Crippen LogP contribution is -2.39. The quantitative estimate of drug-likeness (QED) is 0.798. The number of aliphatic hydroxyl groups is 1. The molecule has 1 unspecified atom stereocenters. The molecule has 160 valence electrons. The summed E-state index contributed by atoms with van der Waals surface area (Å²) in [5, 5.41) is 13.0. The van der Waals surface area contributed by atoms with Gasteiger partial charge in [-0.25, -0.2) is 9.97 Å². The van der Waals surface area contributed by atoms with Gasteiger partial charge >= 0.3 is 6.18 Å². The summed E-state index contributed by atoms with van der Waals surface area (Å²) in [4.78, 5) is 22.1. The maximum Gasteiger partial charge on any atom is 0.433 e. The molecule has 1 fully saturated rings. The summed E-state index contributed by atoms with van der Waals surface area (Å²) in [7, 11) is 0. The third kappa shape index (κ3) is 4.40. The second-order valence-corrected chi connectivity index (χ2v) is 7.83. The number of aliphatic hydroxyl groups excluding tert-OH is 1. The average Bonchev–Trinajstić information content (AvgIpc) is 2.74. The minimum Gasteiger partial charge on any atom is -0.393 e. The Morgan fingerprint density at radius 2 is 1.93 bits per heavy atom. The van der Waals surface area contributed by atoms with Gasteiger partial charge in [0.1, 0.15) is 5.69 Å². The van der Waals surface area contributed by atoms with Gasteiger partial charge in [-0.15, -0.1) is 0 Å². The molecular weight excluding hydrogens is 397 g/mol. The average molecular weight is 420 g/mol. The predicted molar refractivity (Wildman–Crippen MR) is 105 cm³/mol. The van der Waals surface area contributed by atoms with Crippen molar-refractivity contribution in [3.05, 3.63) is 47.3 Å². The molecule has 1 aliphatic heterocycles. The molecule has 2 aromatic rings. The molecule has 1 aliphatic carbocycles. The number of amides is 1. The number of benzene rings is 1. The summed E-state index contributed by atoms with van der Waals surface area (Å²) < 4.78 is 38.6. The molecule has 1 amide bonds. The summed E-state index contributed by atoms with van der Waals surface area (Å²) in [5.41, 5.74) is 1.90. The van der Waals surface area contributed by atoms with Crippen LogP contribution < -0.4 is 10.2 Å². The molecule has 0 bridgehead atoms. The Labute approximate surface area is 172 Å². The number of nitrogens with zero attached hydrogens (tertiary/aromatic N) is 3. The maximum atomic E-state index is 12.9. The van der Waals surface area contributed by atoms with Gasteiger partial charge in [-0.05, 0) is 48.9 Å². The molecule has 1 atom stereocenters. The zero-order valence-corrected chi connectivity index (χ0v) is 16.3. The molecule has 2 aliphatic rings. The van der Waals surface area contributed by atoms with Crippen molar-refractivity contribution in [2.75, 3.05) is 23.3 Å². The molecule has 30 heavy (non-hydrogen) atoms. The molecule has 2 N–H and O–H groups in total. The number of halogens is 3. The zero-order chi connectivity index (χ0) is 21.3. The van der Waals surface area contributed by atoms with E-state index in [-0.39, 0.29) is 17.8 Å². The number of alkyl halides is 3. The van der Waals surface area contributed by atoms with Crippen LogP contribution in [0.5, 0.6) is 0 Å².